The minimum Gasteiger partial charge on any atom is -0.468 e. The van der Waals surface area contributed by atoms with E-state index in [9.17, 15) is 19.2 Å². The SMILES string of the molecule is COC(=O)C(C(=O)OC)[C@H](C)[C@H](NC(=O)C1c2ccccc2-c2ccccc21)C(=O)OC. The van der Waals surface area contributed by atoms with Crippen molar-refractivity contribution in [2.24, 2.45) is 11.8 Å². The smallest absolute Gasteiger partial charge is 0.328 e. The van der Waals surface area contributed by atoms with Crippen molar-refractivity contribution in [3.8, 4) is 11.1 Å². The highest BCUT2D eigenvalue weighted by Crippen LogP contribution is 2.44. The van der Waals surface area contributed by atoms with Crippen molar-refractivity contribution >= 4 is 23.8 Å². The molecular weight excluding hydrogens is 414 g/mol. The fourth-order valence-electron chi connectivity index (χ4n) is 4.18. The van der Waals surface area contributed by atoms with Crippen LogP contribution in [0.3, 0.4) is 0 Å². The molecule has 168 valence electrons. The number of carbonyl (C=O) groups excluding carboxylic acids is 4. The van der Waals surface area contributed by atoms with Gasteiger partial charge in [-0.2, -0.15) is 0 Å². The number of methoxy groups -OCH3 is 3. The number of esters is 3. The lowest BCUT2D eigenvalue weighted by molar-refractivity contribution is -0.163. The first-order chi connectivity index (χ1) is 15.3. The molecule has 0 unspecified atom stereocenters. The van der Waals surface area contributed by atoms with Crippen molar-refractivity contribution < 1.29 is 33.4 Å². The minimum absolute atomic E-state index is 0.446. The Morgan fingerprint density at radius 2 is 1.19 bits per heavy atom. The Balaban J connectivity index is 1.96. The normalized spacial score (nSPS) is 14.0. The number of rotatable bonds is 7. The summed E-state index contributed by atoms with van der Waals surface area (Å²) in [6.07, 6.45) is 0. The fraction of sp³-hybridized carbons (Fsp3) is 0.333. The monoisotopic (exact) mass is 439 g/mol. The lowest BCUT2D eigenvalue weighted by Gasteiger charge is -2.28. The van der Waals surface area contributed by atoms with Crippen LogP contribution in [0.4, 0.5) is 0 Å². The van der Waals surface area contributed by atoms with E-state index in [0.29, 0.717) is 0 Å². The van der Waals surface area contributed by atoms with Crippen molar-refractivity contribution in [1.29, 1.82) is 0 Å². The van der Waals surface area contributed by atoms with Gasteiger partial charge in [-0.25, -0.2) is 4.79 Å². The lowest BCUT2D eigenvalue weighted by Crippen LogP contribution is -2.52. The minimum atomic E-state index is -1.42. The molecule has 1 aliphatic rings. The number of hydrogen-bond acceptors (Lipinski definition) is 7. The van der Waals surface area contributed by atoms with Gasteiger partial charge in [-0.3, -0.25) is 14.4 Å². The molecule has 0 aliphatic heterocycles. The van der Waals surface area contributed by atoms with Crippen LogP contribution in [-0.4, -0.2) is 51.2 Å². The number of hydrogen-bond donors (Lipinski definition) is 1. The van der Waals surface area contributed by atoms with Gasteiger partial charge in [0.05, 0.1) is 27.2 Å². The first-order valence-corrected chi connectivity index (χ1v) is 10.1. The molecule has 2 atom stereocenters. The van der Waals surface area contributed by atoms with Gasteiger partial charge in [0.2, 0.25) is 5.91 Å². The Hall–Kier alpha value is -3.68. The van der Waals surface area contributed by atoms with E-state index >= 15 is 0 Å². The van der Waals surface area contributed by atoms with Crippen LogP contribution in [-0.2, 0) is 33.4 Å². The van der Waals surface area contributed by atoms with Crippen LogP contribution in [0, 0.1) is 11.8 Å². The van der Waals surface area contributed by atoms with Gasteiger partial charge in [-0.1, -0.05) is 55.5 Å². The summed E-state index contributed by atoms with van der Waals surface area (Å²) in [7, 11) is 3.42. The van der Waals surface area contributed by atoms with Gasteiger partial charge in [0.1, 0.15) is 6.04 Å². The number of nitrogens with one attached hydrogen (secondary N) is 1. The highest BCUT2D eigenvalue weighted by Gasteiger charge is 2.44. The van der Waals surface area contributed by atoms with E-state index in [1.807, 2.05) is 48.5 Å². The van der Waals surface area contributed by atoms with Gasteiger partial charge in [0.15, 0.2) is 5.92 Å². The zero-order chi connectivity index (χ0) is 23.4. The number of benzene rings is 2. The fourth-order valence-corrected chi connectivity index (χ4v) is 4.18. The van der Waals surface area contributed by atoms with E-state index in [-0.39, 0.29) is 0 Å². The van der Waals surface area contributed by atoms with Gasteiger partial charge in [0, 0.05) is 5.92 Å². The zero-order valence-electron chi connectivity index (χ0n) is 18.3. The third kappa shape index (κ3) is 4.08. The van der Waals surface area contributed by atoms with Crippen molar-refractivity contribution in [3.63, 3.8) is 0 Å². The molecule has 2 aromatic carbocycles. The molecule has 0 spiro atoms. The summed E-state index contributed by atoms with van der Waals surface area (Å²) in [5, 5.41) is 2.70. The van der Waals surface area contributed by atoms with Crippen LogP contribution in [0.25, 0.3) is 11.1 Å². The molecule has 0 fully saturated rings. The molecule has 8 nitrogen and oxygen atoms in total. The van der Waals surface area contributed by atoms with E-state index in [0.717, 1.165) is 36.5 Å². The average molecular weight is 439 g/mol. The maximum absolute atomic E-state index is 13.5. The molecule has 1 N–H and O–H groups in total. The molecular formula is C24H25NO7. The van der Waals surface area contributed by atoms with Crippen LogP contribution < -0.4 is 5.32 Å². The van der Waals surface area contributed by atoms with Crippen LogP contribution in [0.5, 0.6) is 0 Å². The number of fused-ring (bicyclic) bond motifs is 3. The molecule has 3 rings (SSSR count). The topological polar surface area (TPSA) is 108 Å². The molecule has 0 heterocycles. The van der Waals surface area contributed by atoms with Crippen molar-refractivity contribution in [2.75, 3.05) is 21.3 Å². The highest BCUT2D eigenvalue weighted by atomic mass is 16.5. The molecule has 0 aromatic heterocycles. The van der Waals surface area contributed by atoms with Gasteiger partial charge < -0.3 is 19.5 Å². The van der Waals surface area contributed by atoms with Gasteiger partial charge in [-0.15, -0.1) is 0 Å². The Kier molecular flexibility index (Phi) is 6.92. The Labute approximate surface area is 185 Å². The molecule has 2 aromatic rings. The summed E-state index contributed by atoms with van der Waals surface area (Å²) in [4.78, 5) is 50.5. The van der Waals surface area contributed by atoms with Gasteiger partial charge in [0.25, 0.3) is 0 Å². The van der Waals surface area contributed by atoms with E-state index in [1.54, 1.807) is 0 Å². The number of carbonyl (C=O) groups is 4. The molecule has 0 radical (unpaired) electrons. The summed E-state index contributed by atoms with van der Waals surface area (Å²) in [5.74, 6) is -6.04. The van der Waals surface area contributed by atoms with Crippen molar-refractivity contribution in [2.45, 2.75) is 18.9 Å². The Morgan fingerprint density at radius 3 is 1.62 bits per heavy atom. The Morgan fingerprint density at radius 1 is 0.750 bits per heavy atom. The van der Waals surface area contributed by atoms with Crippen LogP contribution in [0.2, 0.25) is 0 Å². The molecule has 32 heavy (non-hydrogen) atoms. The van der Waals surface area contributed by atoms with Crippen LogP contribution >= 0.6 is 0 Å². The second kappa shape index (κ2) is 9.64. The first-order valence-electron chi connectivity index (χ1n) is 10.1. The molecule has 8 heteroatoms. The van der Waals surface area contributed by atoms with Crippen molar-refractivity contribution in [1.82, 2.24) is 5.32 Å². The van der Waals surface area contributed by atoms with E-state index in [2.05, 4.69) is 5.32 Å². The quantitative estimate of drug-likeness (QED) is 0.400. The van der Waals surface area contributed by atoms with Gasteiger partial charge >= 0.3 is 17.9 Å². The average Bonchev–Trinajstić information content (AvgIpc) is 3.16. The number of ether oxygens (including phenoxy) is 3. The number of amides is 1. The summed E-state index contributed by atoms with van der Waals surface area (Å²) in [6.45, 7) is 1.48. The summed E-state index contributed by atoms with van der Waals surface area (Å²) in [6, 6.07) is 13.8. The van der Waals surface area contributed by atoms with Gasteiger partial charge in [-0.05, 0) is 22.3 Å². The van der Waals surface area contributed by atoms with E-state index in [1.165, 1.54) is 14.0 Å². The maximum atomic E-state index is 13.5. The van der Waals surface area contributed by atoms with Crippen LogP contribution in [0.15, 0.2) is 48.5 Å². The third-order valence-corrected chi connectivity index (χ3v) is 5.81. The largest absolute Gasteiger partial charge is 0.468 e. The predicted molar refractivity (Wildman–Crippen MR) is 114 cm³/mol. The molecule has 1 amide bonds. The predicted octanol–water partition coefficient (Wildman–Crippen LogP) is 2.05. The second-order valence-corrected chi connectivity index (χ2v) is 7.50. The second-order valence-electron chi connectivity index (χ2n) is 7.50. The summed E-state index contributed by atoms with van der Waals surface area (Å²) < 4.78 is 14.3. The summed E-state index contributed by atoms with van der Waals surface area (Å²) >= 11 is 0. The first kappa shape index (κ1) is 23.0. The Bertz CT molecular complexity index is 987. The molecule has 0 bridgehead atoms. The van der Waals surface area contributed by atoms with Crippen molar-refractivity contribution in [3.05, 3.63) is 59.7 Å². The van der Waals surface area contributed by atoms with Crippen LogP contribution in [0.1, 0.15) is 24.0 Å². The maximum Gasteiger partial charge on any atom is 0.328 e. The third-order valence-electron chi connectivity index (χ3n) is 5.81. The molecule has 1 aliphatic carbocycles. The van der Waals surface area contributed by atoms with E-state index < -0.39 is 47.6 Å². The molecule has 0 saturated heterocycles. The highest BCUT2D eigenvalue weighted by molar-refractivity contribution is 5.99. The standard InChI is InChI=1S/C24H25NO7/c1-13(18(22(27)30-2)23(28)31-3)20(24(29)32-4)25-21(26)19-16-11-7-5-9-14(16)15-10-6-8-12-17(15)19/h5-13,18-20H,1-4H3,(H,25,26)/t13-,20-/m0/s1. The van der Waals surface area contributed by atoms with E-state index in [4.69, 9.17) is 14.2 Å². The molecule has 0 saturated carbocycles. The summed E-state index contributed by atoms with van der Waals surface area (Å²) in [5.41, 5.74) is 3.49. The zero-order valence-corrected chi connectivity index (χ0v) is 18.3. The lowest BCUT2D eigenvalue weighted by atomic mass is 9.86.